The molecule has 162 valence electrons. The van der Waals surface area contributed by atoms with E-state index in [4.69, 9.17) is 11.6 Å². The van der Waals surface area contributed by atoms with Crippen LogP contribution in [-0.2, 0) is 4.79 Å². The minimum Gasteiger partial charge on any atom is -0.336 e. The van der Waals surface area contributed by atoms with E-state index >= 15 is 0 Å². The van der Waals surface area contributed by atoms with Gasteiger partial charge in [0.15, 0.2) is 0 Å². The maximum absolute atomic E-state index is 13.4. The fourth-order valence-electron chi connectivity index (χ4n) is 3.74. The molecule has 0 spiro atoms. The van der Waals surface area contributed by atoms with Gasteiger partial charge in [0.05, 0.1) is 22.8 Å². The second-order valence-corrected chi connectivity index (χ2v) is 9.26. The Morgan fingerprint density at radius 1 is 1.03 bits per heavy atom. The van der Waals surface area contributed by atoms with Crippen LogP contribution in [0.4, 0.5) is 5.69 Å². The zero-order chi connectivity index (χ0) is 22.0. The lowest BCUT2D eigenvalue weighted by molar-refractivity contribution is -0.117. The fraction of sp³-hybridized carbons (Fsp3) is 0.304. The van der Waals surface area contributed by atoms with E-state index in [1.807, 2.05) is 53.0 Å². The Balaban J connectivity index is 1.38. The molecule has 3 aromatic rings. The third-order valence-corrected chi connectivity index (χ3v) is 7.14. The van der Waals surface area contributed by atoms with Crippen molar-refractivity contribution in [2.24, 2.45) is 0 Å². The summed E-state index contributed by atoms with van der Waals surface area (Å²) in [6, 6.07) is 11.1. The van der Waals surface area contributed by atoms with Gasteiger partial charge in [-0.05, 0) is 43.7 Å². The molecule has 0 radical (unpaired) electrons. The number of thiophene rings is 1. The third kappa shape index (κ3) is 4.69. The van der Waals surface area contributed by atoms with Crippen LogP contribution in [0.1, 0.15) is 20.8 Å². The van der Waals surface area contributed by atoms with E-state index in [1.165, 1.54) is 0 Å². The van der Waals surface area contributed by atoms with Crippen molar-refractivity contribution in [2.75, 3.05) is 38.0 Å². The van der Waals surface area contributed by atoms with Crippen molar-refractivity contribution in [1.82, 2.24) is 14.4 Å². The van der Waals surface area contributed by atoms with Crippen molar-refractivity contribution in [3.63, 3.8) is 0 Å². The molecule has 1 saturated heterocycles. The minimum absolute atomic E-state index is 0.0609. The lowest BCUT2D eigenvalue weighted by atomic mass is 10.1. The van der Waals surface area contributed by atoms with Crippen LogP contribution in [0.5, 0.6) is 0 Å². The normalized spacial score (nSPS) is 14.6. The standard InChI is InChI=1S/C23H25ClN4O2S/c1-16-17(2)31-23(28-9-5-6-10-28)21(16)22(30)27-13-11-26(12-14-27)15-20(29)25-19-8-4-3-7-18(19)24/h3-10H,11-15H2,1-2H3,(H,25,29). The number of nitrogens with one attached hydrogen (secondary N) is 1. The van der Waals surface area contributed by atoms with Crippen molar-refractivity contribution in [1.29, 1.82) is 0 Å². The SMILES string of the molecule is Cc1sc(-n2cccc2)c(C(=O)N2CCN(CC(=O)Nc3ccccc3Cl)CC2)c1C. The van der Waals surface area contributed by atoms with Crippen LogP contribution < -0.4 is 5.32 Å². The zero-order valence-electron chi connectivity index (χ0n) is 17.6. The molecule has 1 aromatic carbocycles. The maximum Gasteiger partial charge on any atom is 0.257 e. The highest BCUT2D eigenvalue weighted by Gasteiger charge is 2.28. The van der Waals surface area contributed by atoms with Crippen LogP contribution in [0.15, 0.2) is 48.8 Å². The van der Waals surface area contributed by atoms with Crippen molar-refractivity contribution in [2.45, 2.75) is 13.8 Å². The van der Waals surface area contributed by atoms with Gasteiger partial charge in [-0.3, -0.25) is 14.5 Å². The number of nitrogens with zero attached hydrogens (tertiary/aromatic N) is 3. The first-order chi connectivity index (χ1) is 14.9. The minimum atomic E-state index is -0.105. The summed E-state index contributed by atoms with van der Waals surface area (Å²) in [5, 5.41) is 4.34. The van der Waals surface area contributed by atoms with E-state index in [-0.39, 0.29) is 18.4 Å². The van der Waals surface area contributed by atoms with E-state index in [1.54, 1.807) is 23.5 Å². The molecule has 1 fully saturated rings. The van der Waals surface area contributed by atoms with Crippen molar-refractivity contribution in [3.05, 3.63) is 69.8 Å². The van der Waals surface area contributed by atoms with Gasteiger partial charge in [-0.25, -0.2) is 0 Å². The highest BCUT2D eigenvalue weighted by atomic mass is 35.5. The number of anilines is 1. The van der Waals surface area contributed by atoms with Gasteiger partial charge in [-0.15, -0.1) is 11.3 Å². The number of hydrogen-bond donors (Lipinski definition) is 1. The van der Waals surface area contributed by atoms with E-state index in [2.05, 4.69) is 17.1 Å². The number of aromatic nitrogens is 1. The number of hydrogen-bond acceptors (Lipinski definition) is 4. The van der Waals surface area contributed by atoms with Gasteiger partial charge in [0.25, 0.3) is 5.91 Å². The van der Waals surface area contributed by atoms with E-state index in [9.17, 15) is 9.59 Å². The Labute approximate surface area is 191 Å². The molecule has 31 heavy (non-hydrogen) atoms. The van der Waals surface area contributed by atoms with Gasteiger partial charge >= 0.3 is 0 Å². The number of carbonyl (C=O) groups excluding carboxylic acids is 2. The van der Waals surface area contributed by atoms with Crippen LogP contribution >= 0.6 is 22.9 Å². The first-order valence-electron chi connectivity index (χ1n) is 10.2. The van der Waals surface area contributed by atoms with Gasteiger partial charge in [0.1, 0.15) is 5.00 Å². The van der Waals surface area contributed by atoms with Crippen LogP contribution in [-0.4, -0.2) is 58.9 Å². The Hall–Kier alpha value is -2.61. The Morgan fingerprint density at radius 2 is 1.71 bits per heavy atom. The van der Waals surface area contributed by atoms with Gasteiger partial charge in [-0.1, -0.05) is 23.7 Å². The number of halogens is 1. The molecule has 2 aromatic heterocycles. The average molecular weight is 457 g/mol. The van der Waals surface area contributed by atoms with Gasteiger partial charge < -0.3 is 14.8 Å². The lowest BCUT2D eigenvalue weighted by Crippen LogP contribution is -2.50. The maximum atomic E-state index is 13.4. The largest absolute Gasteiger partial charge is 0.336 e. The van der Waals surface area contributed by atoms with Crippen LogP contribution in [0.3, 0.4) is 0 Å². The molecule has 2 amide bonds. The molecule has 4 rings (SSSR count). The smallest absolute Gasteiger partial charge is 0.257 e. The number of para-hydroxylation sites is 1. The second-order valence-electron chi connectivity index (χ2n) is 7.65. The Morgan fingerprint density at radius 3 is 2.39 bits per heavy atom. The molecule has 6 nitrogen and oxygen atoms in total. The Bertz CT molecular complexity index is 1090. The summed E-state index contributed by atoms with van der Waals surface area (Å²) in [7, 11) is 0. The van der Waals surface area contributed by atoms with Gasteiger partial charge in [-0.2, -0.15) is 0 Å². The van der Waals surface area contributed by atoms with Crippen molar-refractivity contribution in [3.8, 4) is 5.00 Å². The summed E-state index contributed by atoms with van der Waals surface area (Å²) < 4.78 is 2.01. The number of amides is 2. The van der Waals surface area contributed by atoms with Crippen LogP contribution in [0.2, 0.25) is 5.02 Å². The van der Waals surface area contributed by atoms with Gasteiger partial charge in [0.2, 0.25) is 5.91 Å². The first-order valence-corrected chi connectivity index (χ1v) is 11.4. The molecule has 0 saturated carbocycles. The summed E-state index contributed by atoms with van der Waals surface area (Å²) in [5.74, 6) is -0.0437. The topological polar surface area (TPSA) is 57.6 Å². The van der Waals surface area contributed by atoms with E-state index in [0.29, 0.717) is 36.9 Å². The predicted octanol–water partition coefficient (Wildman–Crippen LogP) is 4.21. The van der Waals surface area contributed by atoms with Crippen LogP contribution in [0.25, 0.3) is 5.00 Å². The summed E-state index contributed by atoms with van der Waals surface area (Å²) >= 11 is 7.76. The average Bonchev–Trinajstić information content (AvgIpc) is 3.38. The molecular formula is C23H25ClN4O2S. The number of benzene rings is 1. The monoisotopic (exact) mass is 456 g/mol. The highest BCUT2D eigenvalue weighted by Crippen LogP contribution is 2.32. The zero-order valence-corrected chi connectivity index (χ0v) is 19.2. The molecule has 3 heterocycles. The molecule has 0 atom stereocenters. The summed E-state index contributed by atoms with van der Waals surface area (Å²) in [6.45, 7) is 6.85. The second kappa shape index (κ2) is 9.26. The highest BCUT2D eigenvalue weighted by molar-refractivity contribution is 7.15. The van der Waals surface area contributed by atoms with E-state index in [0.717, 1.165) is 21.0 Å². The van der Waals surface area contributed by atoms with E-state index < -0.39 is 0 Å². The fourth-order valence-corrected chi connectivity index (χ4v) is 5.03. The summed E-state index contributed by atoms with van der Waals surface area (Å²) in [6.07, 6.45) is 3.94. The van der Waals surface area contributed by atoms with Crippen molar-refractivity contribution >= 4 is 40.4 Å². The summed E-state index contributed by atoms with van der Waals surface area (Å²) in [5.41, 5.74) is 2.44. The molecule has 1 N–H and O–H groups in total. The lowest BCUT2D eigenvalue weighted by Gasteiger charge is -2.34. The number of aryl methyl sites for hydroxylation is 1. The number of carbonyl (C=O) groups is 2. The van der Waals surface area contributed by atoms with Crippen molar-refractivity contribution < 1.29 is 9.59 Å². The molecule has 0 aliphatic carbocycles. The molecular weight excluding hydrogens is 432 g/mol. The third-order valence-electron chi connectivity index (χ3n) is 5.59. The Kier molecular flexibility index (Phi) is 6.46. The summed E-state index contributed by atoms with van der Waals surface area (Å²) in [4.78, 5) is 30.9. The molecule has 1 aliphatic rings. The quantitative estimate of drug-likeness (QED) is 0.625. The number of piperazine rings is 1. The molecule has 1 aliphatic heterocycles. The first kappa shape index (κ1) is 21.6. The number of rotatable bonds is 5. The van der Waals surface area contributed by atoms with Crippen LogP contribution in [0, 0.1) is 13.8 Å². The van der Waals surface area contributed by atoms with Gasteiger partial charge in [0, 0.05) is 43.4 Å². The molecule has 8 heteroatoms. The molecule has 0 bridgehead atoms. The predicted molar refractivity (Wildman–Crippen MR) is 126 cm³/mol. The molecule has 0 unspecified atom stereocenters.